The van der Waals surface area contributed by atoms with Crippen molar-refractivity contribution in [2.24, 2.45) is 5.92 Å². The predicted octanol–water partition coefficient (Wildman–Crippen LogP) is 2.00. The van der Waals surface area contributed by atoms with Crippen LogP contribution in [0.5, 0.6) is 0 Å². The van der Waals surface area contributed by atoms with E-state index in [1.54, 1.807) is 0 Å². The number of anilines is 1. The molecular weight excluding hydrogens is 252 g/mol. The Labute approximate surface area is 118 Å². The number of nitrogens with one attached hydrogen (secondary N) is 1. The number of hydrogen-bond donors (Lipinski definition) is 2. The van der Waals surface area contributed by atoms with E-state index in [0.717, 1.165) is 13.0 Å². The molecule has 1 aromatic carbocycles. The molecule has 4 nitrogen and oxygen atoms in total. The number of carboxylic acid groups (broad SMARTS) is 1. The molecule has 3 atom stereocenters. The van der Waals surface area contributed by atoms with E-state index in [4.69, 9.17) is 0 Å². The van der Waals surface area contributed by atoms with E-state index < -0.39 is 11.9 Å². The number of aliphatic carboxylic acids is 1. The maximum atomic E-state index is 11.3. The Morgan fingerprint density at radius 1 is 1.45 bits per heavy atom. The van der Waals surface area contributed by atoms with E-state index in [2.05, 4.69) is 28.4 Å². The third-order valence-electron chi connectivity index (χ3n) is 4.95. The van der Waals surface area contributed by atoms with E-state index >= 15 is 0 Å². The molecule has 1 unspecified atom stereocenters. The Morgan fingerprint density at radius 3 is 3.10 bits per heavy atom. The third-order valence-corrected chi connectivity index (χ3v) is 4.95. The van der Waals surface area contributed by atoms with E-state index in [1.165, 1.54) is 22.4 Å². The van der Waals surface area contributed by atoms with E-state index in [-0.39, 0.29) is 0 Å². The minimum absolute atomic E-state index is 0.359. The first-order chi connectivity index (χ1) is 9.65. The quantitative estimate of drug-likeness (QED) is 0.819. The molecule has 1 aliphatic carbocycles. The molecule has 0 fully saturated rings. The Kier molecular flexibility index (Phi) is 2.45. The van der Waals surface area contributed by atoms with Crippen LogP contribution in [0.1, 0.15) is 23.5 Å². The summed E-state index contributed by atoms with van der Waals surface area (Å²) in [6.07, 6.45) is 3.07. The van der Waals surface area contributed by atoms with Gasteiger partial charge in [-0.2, -0.15) is 0 Å². The summed E-state index contributed by atoms with van der Waals surface area (Å²) >= 11 is 0. The van der Waals surface area contributed by atoms with Gasteiger partial charge in [-0.15, -0.1) is 0 Å². The summed E-state index contributed by atoms with van der Waals surface area (Å²) in [6, 6.07) is 6.70. The lowest BCUT2D eigenvalue weighted by Gasteiger charge is -2.41. The summed E-state index contributed by atoms with van der Waals surface area (Å²) in [4.78, 5) is 13.6. The molecular formula is C16H18N2O2. The molecule has 0 saturated heterocycles. The molecule has 0 spiro atoms. The molecule has 2 N–H and O–H groups in total. The van der Waals surface area contributed by atoms with Gasteiger partial charge in [0.05, 0.1) is 5.92 Å². The molecule has 4 rings (SSSR count). The van der Waals surface area contributed by atoms with Crippen LogP contribution in [-0.2, 0) is 4.79 Å². The highest BCUT2D eigenvalue weighted by atomic mass is 16.4. The van der Waals surface area contributed by atoms with Gasteiger partial charge in [-0.3, -0.25) is 9.69 Å². The van der Waals surface area contributed by atoms with Crippen molar-refractivity contribution in [3.05, 3.63) is 35.4 Å². The zero-order chi connectivity index (χ0) is 13.9. The Morgan fingerprint density at radius 2 is 2.30 bits per heavy atom. The molecule has 0 aromatic heterocycles. The van der Waals surface area contributed by atoms with Crippen LogP contribution < -0.4 is 5.32 Å². The molecule has 0 bridgehead atoms. The van der Waals surface area contributed by atoms with Gasteiger partial charge in [-0.1, -0.05) is 18.2 Å². The van der Waals surface area contributed by atoms with Crippen molar-refractivity contribution >= 4 is 17.2 Å². The van der Waals surface area contributed by atoms with Gasteiger partial charge in [-0.05, 0) is 36.2 Å². The second-order valence-electron chi connectivity index (χ2n) is 6.10. The summed E-state index contributed by atoms with van der Waals surface area (Å²) in [7, 11) is 2.05. The van der Waals surface area contributed by atoms with Crippen LogP contribution in [0.25, 0.3) is 5.57 Å². The molecule has 2 heterocycles. The molecule has 20 heavy (non-hydrogen) atoms. The highest BCUT2D eigenvalue weighted by Crippen LogP contribution is 2.48. The number of nitrogens with zero attached hydrogens (tertiary/aromatic N) is 1. The molecule has 2 aliphatic heterocycles. The first kappa shape index (κ1) is 12.0. The molecule has 0 saturated carbocycles. The minimum atomic E-state index is -0.726. The smallest absolute Gasteiger partial charge is 0.311 e. The van der Waals surface area contributed by atoms with E-state index in [9.17, 15) is 9.90 Å². The van der Waals surface area contributed by atoms with Gasteiger partial charge in [0.25, 0.3) is 0 Å². The highest BCUT2D eigenvalue weighted by molar-refractivity contribution is 5.84. The number of benzene rings is 1. The van der Waals surface area contributed by atoms with Crippen molar-refractivity contribution < 1.29 is 9.90 Å². The lowest BCUT2D eigenvalue weighted by Crippen LogP contribution is -2.44. The SMILES string of the molecule is CN1C[C@H](C(=O)O)C=C2c3cccc4c3C(CN4)C[C@H]21. The Hall–Kier alpha value is -1.81. The van der Waals surface area contributed by atoms with Crippen LogP contribution in [0.2, 0.25) is 0 Å². The molecule has 104 valence electrons. The number of fused-ring (bicyclic) bond motifs is 2. The number of hydrogen-bond acceptors (Lipinski definition) is 3. The van der Waals surface area contributed by atoms with Crippen molar-refractivity contribution in [2.45, 2.75) is 18.4 Å². The van der Waals surface area contributed by atoms with Crippen LogP contribution in [0.3, 0.4) is 0 Å². The van der Waals surface area contributed by atoms with Crippen LogP contribution in [0.4, 0.5) is 5.69 Å². The van der Waals surface area contributed by atoms with Gasteiger partial charge in [0.2, 0.25) is 0 Å². The van der Waals surface area contributed by atoms with Crippen LogP contribution in [-0.4, -0.2) is 42.2 Å². The maximum Gasteiger partial charge on any atom is 0.311 e. The van der Waals surface area contributed by atoms with Gasteiger partial charge in [-0.25, -0.2) is 0 Å². The minimum Gasteiger partial charge on any atom is -0.481 e. The van der Waals surface area contributed by atoms with Crippen LogP contribution in [0.15, 0.2) is 24.3 Å². The van der Waals surface area contributed by atoms with Crippen molar-refractivity contribution in [3.8, 4) is 0 Å². The summed E-state index contributed by atoms with van der Waals surface area (Å²) < 4.78 is 0. The second-order valence-corrected chi connectivity index (χ2v) is 6.10. The Bertz CT molecular complexity index is 623. The summed E-state index contributed by atoms with van der Waals surface area (Å²) in [5.41, 5.74) is 5.09. The Balaban J connectivity index is 1.88. The lowest BCUT2D eigenvalue weighted by atomic mass is 9.74. The number of likely N-dealkylation sites (N-methyl/N-ethyl adjacent to an activating group) is 1. The van der Waals surface area contributed by atoms with Gasteiger partial charge in [0.15, 0.2) is 0 Å². The van der Waals surface area contributed by atoms with Crippen molar-refractivity contribution in [1.29, 1.82) is 0 Å². The summed E-state index contributed by atoms with van der Waals surface area (Å²) in [5.74, 6) is -0.559. The molecule has 4 heteroatoms. The summed E-state index contributed by atoms with van der Waals surface area (Å²) in [5, 5.41) is 12.8. The molecule has 3 aliphatic rings. The largest absolute Gasteiger partial charge is 0.481 e. The summed E-state index contributed by atoms with van der Waals surface area (Å²) in [6.45, 7) is 1.62. The van der Waals surface area contributed by atoms with Crippen molar-refractivity contribution in [2.75, 3.05) is 25.5 Å². The van der Waals surface area contributed by atoms with Gasteiger partial charge in [0, 0.05) is 30.7 Å². The standard InChI is InChI=1S/C16H18N2O2/c1-18-8-10(16(19)20)5-12-11-3-2-4-13-15(11)9(7-17-13)6-14(12)18/h2-5,9-10,14,17H,6-8H2,1H3,(H,19,20)/t9?,10-,14-/m1/s1. The number of carbonyl (C=O) groups is 1. The van der Waals surface area contributed by atoms with E-state index in [1.807, 2.05) is 13.1 Å². The fourth-order valence-corrected chi connectivity index (χ4v) is 4.00. The average Bonchev–Trinajstić information content (AvgIpc) is 2.84. The number of carboxylic acids is 1. The highest BCUT2D eigenvalue weighted by Gasteiger charge is 2.40. The fourth-order valence-electron chi connectivity index (χ4n) is 4.00. The topological polar surface area (TPSA) is 52.6 Å². The van der Waals surface area contributed by atoms with Crippen molar-refractivity contribution in [3.63, 3.8) is 0 Å². The van der Waals surface area contributed by atoms with Gasteiger partial charge < -0.3 is 10.4 Å². The average molecular weight is 270 g/mol. The van der Waals surface area contributed by atoms with E-state index in [0.29, 0.717) is 18.5 Å². The predicted molar refractivity (Wildman–Crippen MR) is 77.8 cm³/mol. The van der Waals surface area contributed by atoms with Crippen LogP contribution >= 0.6 is 0 Å². The van der Waals surface area contributed by atoms with Gasteiger partial charge in [0.1, 0.15) is 0 Å². The van der Waals surface area contributed by atoms with Crippen molar-refractivity contribution in [1.82, 2.24) is 4.90 Å². The second kappa shape index (κ2) is 4.09. The maximum absolute atomic E-state index is 11.3. The zero-order valence-electron chi connectivity index (χ0n) is 11.5. The lowest BCUT2D eigenvalue weighted by molar-refractivity contribution is -0.140. The molecule has 0 radical (unpaired) electrons. The van der Waals surface area contributed by atoms with Crippen LogP contribution in [0, 0.1) is 5.92 Å². The van der Waals surface area contributed by atoms with Gasteiger partial charge >= 0.3 is 5.97 Å². The molecule has 0 amide bonds. The monoisotopic (exact) mass is 270 g/mol. The number of rotatable bonds is 1. The fraction of sp³-hybridized carbons (Fsp3) is 0.438. The zero-order valence-corrected chi connectivity index (χ0v) is 11.5. The third kappa shape index (κ3) is 1.54. The normalized spacial score (nSPS) is 31.1. The molecule has 1 aromatic rings. The first-order valence-electron chi connectivity index (χ1n) is 7.17. The first-order valence-corrected chi connectivity index (χ1v) is 7.17.